The predicted molar refractivity (Wildman–Crippen MR) is 62.4 cm³/mol. The molecule has 5 heteroatoms. The normalized spacial score (nSPS) is 25.6. The van der Waals surface area contributed by atoms with Crippen molar-refractivity contribution in [1.82, 2.24) is 14.8 Å². The van der Waals surface area contributed by atoms with Gasteiger partial charge in [-0.05, 0) is 25.7 Å². The number of nitrogens with zero attached hydrogens (tertiary/aromatic N) is 4. The summed E-state index contributed by atoms with van der Waals surface area (Å²) < 4.78 is 2.28. The van der Waals surface area contributed by atoms with E-state index in [2.05, 4.69) is 19.7 Å². The highest BCUT2D eigenvalue weighted by atomic mass is 15.4. The van der Waals surface area contributed by atoms with Gasteiger partial charge in [0.1, 0.15) is 5.82 Å². The summed E-state index contributed by atoms with van der Waals surface area (Å²) in [5.74, 6) is 2.20. The average Bonchev–Trinajstić information content (AvgIpc) is 2.72. The quantitative estimate of drug-likeness (QED) is 0.752. The molecule has 1 unspecified atom stereocenters. The topological polar surface area (TPSA) is 60.0 Å². The molecular formula is C11H19N5. The number of aromatic nitrogens is 3. The fourth-order valence-electron chi connectivity index (χ4n) is 2.72. The lowest BCUT2D eigenvalue weighted by Crippen LogP contribution is -2.44. The number of aryl methyl sites for hydroxylation is 1. The van der Waals surface area contributed by atoms with E-state index < -0.39 is 0 Å². The van der Waals surface area contributed by atoms with Crippen LogP contribution in [0.2, 0.25) is 0 Å². The molecule has 0 saturated carbocycles. The first-order valence-corrected chi connectivity index (χ1v) is 6.27. The highest BCUT2D eigenvalue weighted by molar-refractivity contribution is 5.32. The van der Waals surface area contributed by atoms with Gasteiger partial charge in [-0.1, -0.05) is 0 Å². The second kappa shape index (κ2) is 4.05. The van der Waals surface area contributed by atoms with E-state index >= 15 is 0 Å². The molecule has 1 fully saturated rings. The lowest BCUT2D eigenvalue weighted by molar-refractivity contribution is 0.476. The molecule has 1 aromatic rings. The van der Waals surface area contributed by atoms with E-state index in [1.165, 1.54) is 19.3 Å². The first-order chi connectivity index (χ1) is 7.84. The number of rotatable bonds is 1. The predicted octanol–water partition coefficient (Wildman–Crippen LogP) is 0.542. The number of piperidine rings is 1. The van der Waals surface area contributed by atoms with Crippen LogP contribution in [0.5, 0.6) is 0 Å². The van der Waals surface area contributed by atoms with Crippen LogP contribution in [0.25, 0.3) is 0 Å². The van der Waals surface area contributed by atoms with Crippen molar-refractivity contribution in [2.24, 2.45) is 5.73 Å². The van der Waals surface area contributed by atoms with Gasteiger partial charge in [-0.25, -0.2) is 0 Å². The molecule has 1 saturated heterocycles. The third-order valence-electron chi connectivity index (χ3n) is 3.58. The molecule has 88 valence electrons. The Morgan fingerprint density at radius 2 is 2.06 bits per heavy atom. The van der Waals surface area contributed by atoms with E-state index in [0.29, 0.717) is 6.04 Å². The van der Waals surface area contributed by atoms with Crippen LogP contribution in [0.4, 0.5) is 5.95 Å². The van der Waals surface area contributed by atoms with Crippen LogP contribution in [0.3, 0.4) is 0 Å². The maximum absolute atomic E-state index is 6.01. The lowest BCUT2D eigenvalue weighted by atomic mass is 10.1. The first kappa shape index (κ1) is 10.1. The van der Waals surface area contributed by atoms with Crippen molar-refractivity contribution in [2.45, 2.75) is 44.7 Å². The Balaban J connectivity index is 1.85. The van der Waals surface area contributed by atoms with Gasteiger partial charge in [0.2, 0.25) is 5.95 Å². The van der Waals surface area contributed by atoms with E-state index in [-0.39, 0.29) is 0 Å². The van der Waals surface area contributed by atoms with Gasteiger partial charge in [0.15, 0.2) is 0 Å². The molecule has 0 aromatic carbocycles. The van der Waals surface area contributed by atoms with Gasteiger partial charge in [-0.15, -0.1) is 10.2 Å². The van der Waals surface area contributed by atoms with Crippen LogP contribution in [-0.4, -0.2) is 33.9 Å². The Kier molecular flexibility index (Phi) is 2.55. The van der Waals surface area contributed by atoms with Gasteiger partial charge in [-0.2, -0.15) is 0 Å². The molecule has 2 aliphatic rings. The van der Waals surface area contributed by atoms with Gasteiger partial charge in [0, 0.05) is 32.1 Å². The Morgan fingerprint density at radius 3 is 2.94 bits per heavy atom. The minimum atomic E-state index is 0.297. The summed E-state index contributed by atoms with van der Waals surface area (Å²) in [5.41, 5.74) is 6.01. The fraction of sp³-hybridized carbons (Fsp3) is 0.818. The maximum Gasteiger partial charge on any atom is 0.227 e. The Morgan fingerprint density at radius 1 is 1.12 bits per heavy atom. The molecule has 3 rings (SSSR count). The van der Waals surface area contributed by atoms with E-state index in [1.54, 1.807) is 0 Å². The summed E-state index contributed by atoms with van der Waals surface area (Å²) in [7, 11) is 0. The standard InChI is InChI=1S/C11H19N5/c12-9-4-3-6-15(8-9)11-14-13-10-5-1-2-7-16(10)11/h9H,1-8,12H2. The summed E-state index contributed by atoms with van der Waals surface area (Å²) in [4.78, 5) is 2.30. The van der Waals surface area contributed by atoms with Crippen LogP contribution >= 0.6 is 0 Å². The zero-order valence-corrected chi connectivity index (χ0v) is 9.60. The Bertz CT molecular complexity index is 372. The van der Waals surface area contributed by atoms with Crippen molar-refractivity contribution in [3.05, 3.63) is 5.82 Å². The van der Waals surface area contributed by atoms with Crippen molar-refractivity contribution in [2.75, 3.05) is 18.0 Å². The third-order valence-corrected chi connectivity index (χ3v) is 3.58. The number of hydrogen-bond donors (Lipinski definition) is 1. The second-order valence-corrected chi connectivity index (χ2v) is 4.87. The smallest absolute Gasteiger partial charge is 0.227 e. The van der Waals surface area contributed by atoms with Crippen LogP contribution in [0.15, 0.2) is 0 Å². The molecule has 1 atom stereocenters. The van der Waals surface area contributed by atoms with Crippen molar-refractivity contribution < 1.29 is 0 Å². The van der Waals surface area contributed by atoms with E-state index in [1.807, 2.05) is 0 Å². The molecule has 0 aliphatic carbocycles. The van der Waals surface area contributed by atoms with Gasteiger partial charge >= 0.3 is 0 Å². The van der Waals surface area contributed by atoms with E-state index in [4.69, 9.17) is 5.73 Å². The van der Waals surface area contributed by atoms with Crippen molar-refractivity contribution in [1.29, 1.82) is 0 Å². The van der Waals surface area contributed by atoms with Crippen molar-refractivity contribution in [3.63, 3.8) is 0 Å². The third kappa shape index (κ3) is 1.69. The number of fused-ring (bicyclic) bond motifs is 1. The van der Waals surface area contributed by atoms with Gasteiger partial charge < -0.3 is 10.6 Å². The fourth-order valence-corrected chi connectivity index (χ4v) is 2.72. The van der Waals surface area contributed by atoms with E-state index in [0.717, 1.165) is 44.2 Å². The molecule has 2 N–H and O–H groups in total. The average molecular weight is 221 g/mol. The zero-order valence-electron chi connectivity index (χ0n) is 9.60. The second-order valence-electron chi connectivity index (χ2n) is 4.87. The largest absolute Gasteiger partial charge is 0.339 e. The summed E-state index contributed by atoms with van der Waals surface area (Å²) in [6.45, 7) is 3.08. The highest BCUT2D eigenvalue weighted by Crippen LogP contribution is 2.22. The monoisotopic (exact) mass is 221 g/mol. The number of nitrogens with two attached hydrogens (primary N) is 1. The van der Waals surface area contributed by atoms with Crippen LogP contribution in [0, 0.1) is 0 Å². The van der Waals surface area contributed by atoms with E-state index in [9.17, 15) is 0 Å². The highest BCUT2D eigenvalue weighted by Gasteiger charge is 2.24. The molecular weight excluding hydrogens is 202 g/mol. The van der Waals surface area contributed by atoms with Crippen LogP contribution in [-0.2, 0) is 13.0 Å². The molecule has 3 heterocycles. The Hall–Kier alpha value is -1.10. The molecule has 2 aliphatic heterocycles. The van der Waals surface area contributed by atoms with Crippen molar-refractivity contribution in [3.8, 4) is 0 Å². The molecule has 16 heavy (non-hydrogen) atoms. The van der Waals surface area contributed by atoms with Gasteiger partial charge in [-0.3, -0.25) is 4.57 Å². The molecule has 5 nitrogen and oxygen atoms in total. The first-order valence-electron chi connectivity index (χ1n) is 6.27. The summed E-state index contributed by atoms with van der Waals surface area (Å²) in [6, 6.07) is 0.297. The minimum Gasteiger partial charge on any atom is -0.339 e. The summed E-state index contributed by atoms with van der Waals surface area (Å²) in [6.07, 6.45) is 5.88. The number of anilines is 1. The summed E-state index contributed by atoms with van der Waals surface area (Å²) >= 11 is 0. The molecule has 1 aromatic heterocycles. The maximum atomic E-state index is 6.01. The SMILES string of the molecule is NC1CCCN(c2nnc3n2CCCC3)C1. The summed E-state index contributed by atoms with van der Waals surface area (Å²) in [5, 5.41) is 8.63. The van der Waals surface area contributed by atoms with Crippen molar-refractivity contribution >= 4 is 5.95 Å². The molecule has 0 bridgehead atoms. The van der Waals surface area contributed by atoms with Crippen LogP contribution in [0.1, 0.15) is 31.5 Å². The number of hydrogen-bond acceptors (Lipinski definition) is 4. The Labute approximate surface area is 95.6 Å². The lowest BCUT2D eigenvalue weighted by Gasteiger charge is -2.32. The van der Waals surface area contributed by atoms with Gasteiger partial charge in [0.05, 0.1) is 0 Å². The minimum absolute atomic E-state index is 0.297. The molecule has 0 radical (unpaired) electrons. The zero-order chi connectivity index (χ0) is 11.0. The molecule has 0 spiro atoms. The van der Waals surface area contributed by atoms with Gasteiger partial charge in [0.25, 0.3) is 0 Å². The van der Waals surface area contributed by atoms with Crippen LogP contribution < -0.4 is 10.6 Å². The molecule has 0 amide bonds.